The van der Waals surface area contributed by atoms with Crippen molar-refractivity contribution in [3.05, 3.63) is 54.9 Å². The first-order valence-electron chi connectivity index (χ1n) is 8.03. The van der Waals surface area contributed by atoms with Gasteiger partial charge in [0.05, 0.1) is 11.4 Å². The van der Waals surface area contributed by atoms with Crippen LogP contribution in [-0.2, 0) is 30.3 Å². The fourth-order valence-corrected chi connectivity index (χ4v) is 6.33. The first-order chi connectivity index (χ1) is 11.2. The number of hydrogen-bond donors (Lipinski definition) is 0. The second-order valence-electron chi connectivity index (χ2n) is 7.66. The van der Waals surface area contributed by atoms with Gasteiger partial charge in [-0.05, 0) is 34.6 Å². The molecule has 0 saturated carbocycles. The summed E-state index contributed by atoms with van der Waals surface area (Å²) in [6, 6.07) is 12.3. The second-order valence-corrected chi connectivity index (χ2v) is 11.5. The summed E-state index contributed by atoms with van der Waals surface area (Å²) >= 11 is 0. The maximum Gasteiger partial charge on any atom is 2.00 e. The number of aromatic nitrogens is 2. The zero-order valence-corrected chi connectivity index (χ0v) is 19.6. The van der Waals surface area contributed by atoms with Crippen molar-refractivity contribution in [2.24, 2.45) is 0 Å². The van der Waals surface area contributed by atoms with E-state index in [4.69, 9.17) is 9.64 Å². The minimum Gasteiger partial charge on any atom is -1.00 e. The molecular weight excluding hydrogens is 452 g/mol. The molecule has 0 aliphatic carbocycles. The Balaban J connectivity index is -0.00000111. The smallest absolute Gasteiger partial charge is 1.00 e. The quantitative estimate of drug-likeness (QED) is 0.294. The summed E-state index contributed by atoms with van der Waals surface area (Å²) in [5.74, 6) is 0. The van der Waals surface area contributed by atoms with Crippen molar-refractivity contribution >= 4 is 7.92 Å². The molecule has 0 aliphatic rings. The molecule has 0 atom stereocenters. The normalized spacial score (nSPS) is 10.8. The number of pyridine rings is 2. The van der Waals surface area contributed by atoms with Gasteiger partial charge in [0, 0.05) is 18.1 Å². The standard InChI is InChI=1S/C19H27N2P.CO.ClH.Ru.H/c1-18(2,3)22(19(4,5)6)14-15-10-9-12-17(21-15)16-11-7-8-13-20-16;1-2;;;/h7-13H,14H2,1-6H3;;1H;;/q;;;+2;-1/p-1. The van der Waals surface area contributed by atoms with Gasteiger partial charge in [-0.3, -0.25) is 9.97 Å². The summed E-state index contributed by atoms with van der Waals surface area (Å²) in [5.41, 5.74) is 3.09. The molecule has 6 heteroatoms. The van der Waals surface area contributed by atoms with Crippen LogP contribution >= 0.6 is 7.92 Å². The van der Waals surface area contributed by atoms with E-state index < -0.39 is 0 Å². The summed E-state index contributed by atoms with van der Waals surface area (Å²) < 4.78 is 7.50. The van der Waals surface area contributed by atoms with E-state index in [0.29, 0.717) is 10.3 Å². The number of halogens is 1. The van der Waals surface area contributed by atoms with Gasteiger partial charge in [-0.15, -0.1) is 0 Å². The fraction of sp³-hybridized carbons (Fsp3) is 0.450. The number of nitrogens with zero attached hydrogens (tertiary/aromatic N) is 2. The molecule has 26 heavy (non-hydrogen) atoms. The van der Waals surface area contributed by atoms with E-state index in [1.807, 2.05) is 30.5 Å². The predicted molar refractivity (Wildman–Crippen MR) is 103 cm³/mol. The van der Waals surface area contributed by atoms with E-state index in [0.717, 1.165) is 17.5 Å². The first kappa shape index (κ1) is 27.6. The molecule has 3 nitrogen and oxygen atoms in total. The van der Waals surface area contributed by atoms with Crippen LogP contribution in [0.25, 0.3) is 11.4 Å². The average Bonchev–Trinajstić information content (AvgIpc) is 2.53. The third kappa shape index (κ3) is 8.38. The molecule has 2 aromatic rings. The van der Waals surface area contributed by atoms with Crippen molar-refractivity contribution in [1.82, 2.24) is 9.97 Å². The Labute approximate surface area is 179 Å². The van der Waals surface area contributed by atoms with Crippen molar-refractivity contribution in [3.63, 3.8) is 0 Å². The van der Waals surface area contributed by atoms with Crippen LogP contribution in [0.1, 0.15) is 48.7 Å². The first-order valence-corrected chi connectivity index (χ1v) is 9.56. The number of hydrogen-bond acceptors (Lipinski definition) is 2. The van der Waals surface area contributed by atoms with Gasteiger partial charge in [-0.2, -0.15) is 0 Å². The van der Waals surface area contributed by atoms with E-state index in [9.17, 15) is 0 Å². The Hall–Kier alpha value is -0.617. The van der Waals surface area contributed by atoms with Crippen molar-refractivity contribution in [3.8, 4) is 11.4 Å². The van der Waals surface area contributed by atoms with Crippen LogP contribution in [0.5, 0.6) is 0 Å². The van der Waals surface area contributed by atoms with Crippen molar-refractivity contribution < 1.29 is 38.0 Å². The molecule has 0 bridgehead atoms. The van der Waals surface area contributed by atoms with Crippen LogP contribution in [-0.4, -0.2) is 20.3 Å². The van der Waals surface area contributed by atoms with E-state index in [-0.39, 0.29) is 41.2 Å². The van der Waals surface area contributed by atoms with Crippen LogP contribution in [0.15, 0.2) is 42.6 Å². The van der Waals surface area contributed by atoms with Gasteiger partial charge in [0.1, 0.15) is 0 Å². The van der Waals surface area contributed by atoms with Crippen LogP contribution in [0, 0.1) is 6.65 Å². The van der Waals surface area contributed by atoms with Gasteiger partial charge in [-0.1, -0.05) is 61.6 Å². The van der Waals surface area contributed by atoms with Crippen LogP contribution < -0.4 is 12.4 Å². The Morgan fingerprint density at radius 1 is 0.923 bits per heavy atom. The minimum absolute atomic E-state index is 0. The van der Waals surface area contributed by atoms with Gasteiger partial charge in [-0.25, -0.2) is 0 Å². The molecule has 0 fully saturated rings. The zero-order valence-electron chi connectivity index (χ0n) is 17.2. The Bertz CT molecular complexity index is 659. The summed E-state index contributed by atoms with van der Waals surface area (Å²) in [4.78, 5) is 9.27. The van der Waals surface area contributed by atoms with Crippen molar-refractivity contribution in [2.45, 2.75) is 58.0 Å². The van der Waals surface area contributed by atoms with Crippen molar-refractivity contribution in [2.75, 3.05) is 0 Å². The molecule has 0 amide bonds. The topological polar surface area (TPSA) is 45.7 Å². The van der Waals surface area contributed by atoms with E-state index in [1.165, 1.54) is 5.69 Å². The summed E-state index contributed by atoms with van der Waals surface area (Å²) in [6.45, 7) is 18.6. The number of rotatable bonds is 3. The second kappa shape index (κ2) is 12.0. The largest absolute Gasteiger partial charge is 2.00 e. The third-order valence-electron chi connectivity index (χ3n) is 3.67. The molecule has 0 aromatic carbocycles. The SMILES string of the molecule is CC(C)(C)P(Cc1cccc(-c2ccccn2)n1)C(C)(C)C.[C-]#[O+].[Cl-].[H-].[Ru+2]. The third-order valence-corrected chi connectivity index (χ3v) is 7.55. The monoisotopic (exact) mass is 480 g/mol. The van der Waals surface area contributed by atoms with Gasteiger partial charge in [0.25, 0.3) is 0 Å². The summed E-state index contributed by atoms with van der Waals surface area (Å²) in [7, 11) is -0.183. The summed E-state index contributed by atoms with van der Waals surface area (Å²) in [5, 5.41) is 0.631. The maximum atomic E-state index is 7.50. The van der Waals surface area contributed by atoms with Gasteiger partial charge < -0.3 is 13.8 Å². The van der Waals surface area contributed by atoms with Gasteiger partial charge in [0.2, 0.25) is 0 Å². The Kier molecular flexibility index (Phi) is 12.7. The minimum atomic E-state index is -0.183. The predicted octanol–water partition coefficient (Wildman–Crippen LogP) is 2.80. The molecular formula is C20H28ClN2OPRu. The van der Waals surface area contributed by atoms with E-state index in [1.54, 1.807) is 0 Å². The molecule has 2 rings (SSSR count). The van der Waals surface area contributed by atoms with Crippen LogP contribution in [0.3, 0.4) is 0 Å². The zero-order chi connectivity index (χ0) is 18.4. The molecule has 144 valence electrons. The Morgan fingerprint density at radius 3 is 1.92 bits per heavy atom. The van der Waals surface area contributed by atoms with E-state index in [2.05, 4.69) is 65.3 Å². The van der Waals surface area contributed by atoms with Crippen LogP contribution in [0.2, 0.25) is 0 Å². The van der Waals surface area contributed by atoms with Crippen LogP contribution in [0.4, 0.5) is 0 Å². The molecule has 0 N–H and O–H groups in total. The van der Waals surface area contributed by atoms with E-state index >= 15 is 0 Å². The Morgan fingerprint density at radius 2 is 1.46 bits per heavy atom. The molecule has 0 radical (unpaired) electrons. The molecule has 0 saturated heterocycles. The molecule has 0 aliphatic heterocycles. The molecule has 2 aromatic heterocycles. The fourth-order valence-electron chi connectivity index (χ4n) is 2.87. The molecule has 2 heterocycles. The molecule has 0 unspecified atom stereocenters. The van der Waals surface area contributed by atoms with Crippen molar-refractivity contribution in [1.29, 1.82) is 0 Å². The van der Waals surface area contributed by atoms with Gasteiger partial charge in [0.15, 0.2) is 0 Å². The maximum absolute atomic E-state index is 7.50. The molecule has 0 spiro atoms. The summed E-state index contributed by atoms with van der Waals surface area (Å²) in [6.07, 6.45) is 2.88. The average molecular weight is 480 g/mol. The van der Waals surface area contributed by atoms with Gasteiger partial charge >= 0.3 is 30.8 Å².